The lowest BCUT2D eigenvalue weighted by Crippen LogP contribution is -2.40. The summed E-state index contributed by atoms with van der Waals surface area (Å²) in [5, 5.41) is 8.95. The van der Waals surface area contributed by atoms with Crippen molar-refractivity contribution in [1.82, 2.24) is 9.21 Å². The smallest absolute Gasteiger partial charge is 0.323 e. The van der Waals surface area contributed by atoms with Gasteiger partial charge >= 0.3 is 5.97 Å². The molecule has 1 aliphatic heterocycles. The van der Waals surface area contributed by atoms with Crippen molar-refractivity contribution < 1.29 is 27.9 Å². The number of rotatable bonds is 8. The molecule has 1 heterocycles. The summed E-state index contributed by atoms with van der Waals surface area (Å²) in [5.74, 6) is -1.18. The van der Waals surface area contributed by atoms with Crippen molar-refractivity contribution in [2.75, 3.05) is 32.8 Å². The number of carboxylic acid groups (broad SMARTS) is 1. The molecular weight excluding hydrogens is 372 g/mol. The summed E-state index contributed by atoms with van der Waals surface area (Å²) < 4.78 is 31.8. The number of amides is 1. The summed E-state index contributed by atoms with van der Waals surface area (Å²) in [6.07, 6.45) is 2.36. The van der Waals surface area contributed by atoms with Crippen LogP contribution in [-0.2, 0) is 30.8 Å². The predicted octanol–water partition coefficient (Wildman–Crippen LogP) is 0.716. The summed E-state index contributed by atoms with van der Waals surface area (Å²) in [6, 6.07) is 6.58. The Kier molecular flexibility index (Phi) is 6.13. The standard InChI is InChI=1S/C18H24N2O6S/c21-17(20(13-18(22)23)15-4-5-15)8-3-14-1-6-16(7-2-14)27(24,25)19-9-11-26-12-10-19/h1-2,6-7,15H,3-5,8-13H2,(H,22,23). The van der Waals surface area contributed by atoms with Gasteiger partial charge in [0.1, 0.15) is 6.54 Å². The minimum Gasteiger partial charge on any atom is -0.480 e. The molecule has 0 atom stereocenters. The van der Waals surface area contributed by atoms with Crippen molar-refractivity contribution in [3.05, 3.63) is 29.8 Å². The molecule has 148 valence electrons. The molecule has 8 nitrogen and oxygen atoms in total. The lowest BCUT2D eigenvalue weighted by molar-refractivity contribution is -0.144. The molecule has 1 saturated heterocycles. The molecule has 1 N–H and O–H groups in total. The zero-order valence-corrected chi connectivity index (χ0v) is 15.9. The Labute approximate surface area is 158 Å². The number of sulfonamides is 1. The number of carbonyl (C=O) groups excluding carboxylic acids is 1. The monoisotopic (exact) mass is 396 g/mol. The zero-order valence-electron chi connectivity index (χ0n) is 15.0. The van der Waals surface area contributed by atoms with Crippen LogP contribution < -0.4 is 0 Å². The lowest BCUT2D eigenvalue weighted by atomic mass is 10.1. The number of aliphatic carboxylic acids is 1. The minimum atomic E-state index is -3.53. The molecule has 1 aromatic carbocycles. The zero-order chi connectivity index (χ0) is 19.4. The third-order valence-corrected chi connectivity index (χ3v) is 6.69. The van der Waals surface area contributed by atoms with Crippen LogP contribution in [0.3, 0.4) is 0 Å². The third kappa shape index (κ3) is 5.06. The van der Waals surface area contributed by atoms with Crippen LogP contribution in [0.4, 0.5) is 0 Å². The molecule has 0 spiro atoms. The normalized spacial score (nSPS) is 18.2. The summed E-state index contributed by atoms with van der Waals surface area (Å²) in [7, 11) is -3.53. The van der Waals surface area contributed by atoms with E-state index in [4.69, 9.17) is 9.84 Å². The molecule has 27 heavy (non-hydrogen) atoms. The van der Waals surface area contributed by atoms with Crippen LogP contribution in [0, 0.1) is 0 Å². The molecule has 0 aromatic heterocycles. The van der Waals surface area contributed by atoms with Gasteiger partial charge in [0.25, 0.3) is 0 Å². The van der Waals surface area contributed by atoms with Crippen LogP contribution in [0.2, 0.25) is 0 Å². The van der Waals surface area contributed by atoms with Crippen LogP contribution in [0.1, 0.15) is 24.8 Å². The SMILES string of the molecule is O=C(O)CN(C(=O)CCc1ccc(S(=O)(=O)N2CCOCC2)cc1)C1CC1. The van der Waals surface area contributed by atoms with Gasteiger partial charge in [0.2, 0.25) is 15.9 Å². The predicted molar refractivity (Wildman–Crippen MR) is 96.7 cm³/mol. The van der Waals surface area contributed by atoms with Crippen molar-refractivity contribution >= 4 is 21.9 Å². The first-order valence-corrected chi connectivity index (χ1v) is 10.5. The van der Waals surface area contributed by atoms with Crippen LogP contribution in [0.15, 0.2) is 29.2 Å². The van der Waals surface area contributed by atoms with E-state index in [9.17, 15) is 18.0 Å². The number of nitrogens with zero attached hydrogens (tertiary/aromatic N) is 2. The van der Waals surface area contributed by atoms with Gasteiger partial charge < -0.3 is 14.7 Å². The Morgan fingerprint density at radius 1 is 1.15 bits per heavy atom. The van der Waals surface area contributed by atoms with Gasteiger partial charge in [0.15, 0.2) is 0 Å². The van der Waals surface area contributed by atoms with Crippen molar-refractivity contribution in [2.45, 2.75) is 36.6 Å². The van der Waals surface area contributed by atoms with Gasteiger partial charge in [-0.05, 0) is 37.0 Å². The highest BCUT2D eigenvalue weighted by Crippen LogP contribution is 2.27. The molecular formula is C18H24N2O6S. The largest absolute Gasteiger partial charge is 0.480 e. The summed E-state index contributed by atoms with van der Waals surface area (Å²) in [6.45, 7) is 1.22. The average Bonchev–Trinajstić information content (AvgIpc) is 3.50. The number of aryl methyl sites for hydroxylation is 1. The Bertz CT molecular complexity index is 783. The van der Waals surface area contributed by atoms with Crippen molar-refractivity contribution in [3.8, 4) is 0 Å². The highest BCUT2D eigenvalue weighted by atomic mass is 32.2. The van der Waals surface area contributed by atoms with Crippen LogP contribution in [-0.4, -0.2) is 73.5 Å². The highest BCUT2D eigenvalue weighted by molar-refractivity contribution is 7.89. The van der Waals surface area contributed by atoms with Gasteiger partial charge in [-0.3, -0.25) is 9.59 Å². The van der Waals surface area contributed by atoms with E-state index in [-0.39, 0.29) is 29.8 Å². The molecule has 1 saturated carbocycles. The molecule has 1 aromatic rings. The van der Waals surface area contributed by atoms with Crippen LogP contribution in [0.5, 0.6) is 0 Å². The van der Waals surface area contributed by atoms with Gasteiger partial charge in [-0.2, -0.15) is 4.31 Å². The lowest BCUT2D eigenvalue weighted by Gasteiger charge is -2.26. The fraction of sp³-hybridized carbons (Fsp3) is 0.556. The number of carboxylic acids is 1. The first-order valence-electron chi connectivity index (χ1n) is 9.06. The maximum absolute atomic E-state index is 12.6. The van der Waals surface area contributed by atoms with E-state index in [0.717, 1.165) is 18.4 Å². The molecule has 1 aliphatic carbocycles. The number of ether oxygens (including phenoxy) is 1. The van der Waals surface area contributed by atoms with E-state index in [1.165, 1.54) is 9.21 Å². The highest BCUT2D eigenvalue weighted by Gasteiger charge is 2.33. The molecule has 0 unspecified atom stereocenters. The van der Waals surface area contributed by atoms with Gasteiger partial charge in [-0.25, -0.2) is 8.42 Å². The van der Waals surface area contributed by atoms with Crippen molar-refractivity contribution in [1.29, 1.82) is 0 Å². The maximum Gasteiger partial charge on any atom is 0.323 e. The molecule has 0 radical (unpaired) electrons. The molecule has 3 rings (SSSR count). The number of benzene rings is 1. The first-order chi connectivity index (χ1) is 12.9. The van der Waals surface area contributed by atoms with Crippen LogP contribution in [0.25, 0.3) is 0 Å². The number of morpholine rings is 1. The van der Waals surface area contributed by atoms with E-state index in [1.54, 1.807) is 24.3 Å². The molecule has 2 fully saturated rings. The van der Waals surface area contributed by atoms with Gasteiger partial charge in [0.05, 0.1) is 18.1 Å². The minimum absolute atomic E-state index is 0.0506. The van der Waals surface area contributed by atoms with Crippen molar-refractivity contribution in [2.24, 2.45) is 0 Å². The van der Waals surface area contributed by atoms with E-state index >= 15 is 0 Å². The van der Waals surface area contributed by atoms with Crippen LogP contribution >= 0.6 is 0 Å². The van der Waals surface area contributed by atoms with Gasteiger partial charge in [-0.1, -0.05) is 12.1 Å². The fourth-order valence-electron chi connectivity index (χ4n) is 3.11. The fourth-order valence-corrected chi connectivity index (χ4v) is 4.52. The Balaban J connectivity index is 1.58. The van der Waals surface area contributed by atoms with Crippen molar-refractivity contribution in [3.63, 3.8) is 0 Å². The first kappa shape index (κ1) is 19.8. The number of hydrogen-bond acceptors (Lipinski definition) is 5. The average molecular weight is 396 g/mol. The van der Waals surface area contributed by atoms with E-state index in [2.05, 4.69) is 0 Å². The molecule has 2 aliphatic rings. The van der Waals surface area contributed by atoms with Gasteiger partial charge in [0, 0.05) is 25.6 Å². The van der Waals surface area contributed by atoms with Gasteiger partial charge in [-0.15, -0.1) is 0 Å². The summed E-state index contributed by atoms with van der Waals surface area (Å²) >= 11 is 0. The van der Waals surface area contributed by atoms with E-state index in [1.807, 2.05) is 0 Å². The number of hydrogen-bond donors (Lipinski definition) is 1. The Hall–Kier alpha value is -1.97. The second-order valence-electron chi connectivity index (χ2n) is 6.81. The quantitative estimate of drug-likeness (QED) is 0.694. The molecule has 1 amide bonds. The summed E-state index contributed by atoms with van der Waals surface area (Å²) in [4.78, 5) is 24.9. The van der Waals surface area contributed by atoms with E-state index in [0.29, 0.717) is 32.7 Å². The Morgan fingerprint density at radius 2 is 1.78 bits per heavy atom. The Morgan fingerprint density at radius 3 is 2.33 bits per heavy atom. The topological polar surface area (TPSA) is 104 Å². The molecule has 0 bridgehead atoms. The maximum atomic E-state index is 12.6. The summed E-state index contributed by atoms with van der Waals surface area (Å²) in [5.41, 5.74) is 0.843. The molecule has 9 heteroatoms. The van der Waals surface area contributed by atoms with E-state index < -0.39 is 16.0 Å². The second-order valence-corrected chi connectivity index (χ2v) is 8.74. The number of carbonyl (C=O) groups is 2. The second kappa shape index (κ2) is 8.37. The third-order valence-electron chi connectivity index (χ3n) is 4.77.